The largest absolute Gasteiger partial charge is 0.328 e. The number of nitrogens with two attached hydrogens (primary N) is 1. The molecule has 0 radical (unpaired) electrons. The van der Waals surface area contributed by atoms with Crippen LogP contribution in [-0.4, -0.2) is 37.1 Å². The van der Waals surface area contributed by atoms with E-state index in [1.807, 2.05) is 0 Å². The van der Waals surface area contributed by atoms with Crippen molar-refractivity contribution in [1.29, 1.82) is 5.26 Å². The Balaban J connectivity index is 2.70. The first kappa shape index (κ1) is 11.4. The molecule has 0 aromatic heterocycles. The molecule has 2 N–H and O–H groups in total. The fourth-order valence-electron chi connectivity index (χ4n) is 1.45. The van der Waals surface area contributed by atoms with Gasteiger partial charge in [0.2, 0.25) is 10.0 Å². The molecule has 1 aliphatic rings. The summed E-state index contributed by atoms with van der Waals surface area (Å²) in [7, 11) is -1.94. The summed E-state index contributed by atoms with van der Waals surface area (Å²) < 4.78 is 24.6. The third-order valence-electron chi connectivity index (χ3n) is 2.69. The van der Waals surface area contributed by atoms with Gasteiger partial charge in [0.05, 0.1) is 6.07 Å². The van der Waals surface area contributed by atoms with E-state index in [2.05, 4.69) is 0 Å². The van der Waals surface area contributed by atoms with Crippen molar-refractivity contribution < 1.29 is 8.42 Å². The molecule has 0 aromatic carbocycles. The lowest BCUT2D eigenvalue weighted by Crippen LogP contribution is -2.52. The van der Waals surface area contributed by atoms with Gasteiger partial charge in [0.15, 0.2) is 5.25 Å². The van der Waals surface area contributed by atoms with Crippen molar-refractivity contribution in [2.75, 3.05) is 7.05 Å². The zero-order valence-electron chi connectivity index (χ0n) is 8.34. The van der Waals surface area contributed by atoms with Crippen LogP contribution in [0.1, 0.15) is 19.8 Å². The Hall–Kier alpha value is -0.640. The van der Waals surface area contributed by atoms with E-state index in [1.165, 1.54) is 18.3 Å². The van der Waals surface area contributed by atoms with Crippen LogP contribution in [0, 0.1) is 11.3 Å². The molecular weight excluding hydrogens is 202 g/mol. The van der Waals surface area contributed by atoms with Gasteiger partial charge in [-0.05, 0) is 19.8 Å². The van der Waals surface area contributed by atoms with Crippen LogP contribution < -0.4 is 5.73 Å². The predicted molar refractivity (Wildman–Crippen MR) is 52.8 cm³/mol. The van der Waals surface area contributed by atoms with Crippen LogP contribution in [0.5, 0.6) is 0 Å². The third kappa shape index (κ3) is 1.90. The van der Waals surface area contributed by atoms with E-state index in [1.54, 1.807) is 6.07 Å². The van der Waals surface area contributed by atoms with Crippen LogP contribution in [0.2, 0.25) is 0 Å². The molecule has 1 fully saturated rings. The monoisotopic (exact) mass is 217 g/mol. The highest BCUT2D eigenvalue weighted by atomic mass is 32.2. The normalized spacial score (nSPS) is 29.4. The molecule has 1 aliphatic carbocycles. The van der Waals surface area contributed by atoms with Gasteiger partial charge in [0.25, 0.3) is 0 Å². The standard InChI is InChI=1S/C8H15N3O2S/c1-6(5-9)14(12,13)11(2)8-3-7(10)4-8/h6-8H,3-4,10H2,1-2H3. The molecule has 1 atom stereocenters. The van der Waals surface area contributed by atoms with E-state index in [-0.39, 0.29) is 12.1 Å². The molecule has 0 saturated heterocycles. The van der Waals surface area contributed by atoms with Crippen molar-refractivity contribution in [3.63, 3.8) is 0 Å². The van der Waals surface area contributed by atoms with Gasteiger partial charge >= 0.3 is 0 Å². The number of nitrogens with zero attached hydrogens (tertiary/aromatic N) is 2. The number of sulfonamides is 1. The van der Waals surface area contributed by atoms with Crippen molar-refractivity contribution in [3.05, 3.63) is 0 Å². The summed E-state index contributed by atoms with van der Waals surface area (Å²) in [5, 5.41) is 7.58. The number of hydrogen-bond donors (Lipinski definition) is 1. The third-order valence-corrected chi connectivity index (χ3v) is 4.79. The van der Waals surface area contributed by atoms with Crippen molar-refractivity contribution in [2.45, 2.75) is 37.1 Å². The Morgan fingerprint density at radius 2 is 2.07 bits per heavy atom. The van der Waals surface area contributed by atoms with Gasteiger partial charge in [-0.3, -0.25) is 0 Å². The molecule has 80 valence electrons. The quantitative estimate of drug-likeness (QED) is 0.700. The lowest BCUT2D eigenvalue weighted by molar-refractivity contribution is 0.217. The van der Waals surface area contributed by atoms with Crippen molar-refractivity contribution in [1.82, 2.24) is 4.31 Å². The summed E-state index contributed by atoms with van der Waals surface area (Å²) >= 11 is 0. The maximum Gasteiger partial charge on any atom is 0.230 e. The molecule has 14 heavy (non-hydrogen) atoms. The topological polar surface area (TPSA) is 87.2 Å². The van der Waals surface area contributed by atoms with Gasteiger partial charge in [0, 0.05) is 19.1 Å². The first-order valence-electron chi connectivity index (χ1n) is 4.51. The van der Waals surface area contributed by atoms with E-state index >= 15 is 0 Å². The zero-order chi connectivity index (χ0) is 10.9. The highest BCUT2D eigenvalue weighted by Gasteiger charge is 2.37. The Bertz CT molecular complexity index is 340. The van der Waals surface area contributed by atoms with Crippen molar-refractivity contribution in [3.8, 4) is 6.07 Å². The molecule has 0 aliphatic heterocycles. The Morgan fingerprint density at radius 1 is 1.57 bits per heavy atom. The van der Waals surface area contributed by atoms with Crippen LogP contribution in [0.15, 0.2) is 0 Å². The number of hydrogen-bond acceptors (Lipinski definition) is 4. The van der Waals surface area contributed by atoms with Crippen molar-refractivity contribution in [2.24, 2.45) is 5.73 Å². The first-order valence-corrected chi connectivity index (χ1v) is 6.02. The predicted octanol–water partition coefficient (Wildman–Crippen LogP) is -0.350. The highest BCUT2D eigenvalue weighted by molar-refractivity contribution is 7.89. The molecule has 1 rings (SSSR count). The van der Waals surface area contributed by atoms with Crippen LogP contribution in [0.4, 0.5) is 0 Å². The minimum atomic E-state index is -3.46. The molecule has 6 heteroatoms. The maximum atomic E-state index is 11.7. The molecule has 5 nitrogen and oxygen atoms in total. The molecule has 1 unspecified atom stereocenters. The van der Waals surface area contributed by atoms with Gasteiger partial charge in [-0.1, -0.05) is 0 Å². The summed E-state index contributed by atoms with van der Waals surface area (Å²) in [4.78, 5) is 0. The summed E-state index contributed by atoms with van der Waals surface area (Å²) in [5.41, 5.74) is 5.57. The first-order chi connectivity index (χ1) is 6.39. The highest BCUT2D eigenvalue weighted by Crippen LogP contribution is 2.26. The second-order valence-corrected chi connectivity index (χ2v) is 6.03. The lowest BCUT2D eigenvalue weighted by atomic mass is 9.88. The fraction of sp³-hybridized carbons (Fsp3) is 0.875. The number of nitriles is 1. The van der Waals surface area contributed by atoms with Crippen LogP contribution in [-0.2, 0) is 10.0 Å². The van der Waals surface area contributed by atoms with E-state index in [4.69, 9.17) is 11.0 Å². The van der Waals surface area contributed by atoms with Gasteiger partial charge < -0.3 is 5.73 Å². The lowest BCUT2D eigenvalue weighted by Gasteiger charge is -2.38. The van der Waals surface area contributed by atoms with E-state index < -0.39 is 15.3 Å². The van der Waals surface area contributed by atoms with Gasteiger partial charge in [-0.25, -0.2) is 12.7 Å². The fourth-order valence-corrected chi connectivity index (χ4v) is 2.67. The molecule has 0 spiro atoms. The van der Waals surface area contributed by atoms with Crippen LogP contribution in [0.3, 0.4) is 0 Å². The Morgan fingerprint density at radius 3 is 2.43 bits per heavy atom. The molecular formula is C8H15N3O2S. The average Bonchev–Trinajstić information content (AvgIpc) is 2.10. The maximum absolute atomic E-state index is 11.7. The summed E-state index contributed by atoms with van der Waals surface area (Å²) in [6.07, 6.45) is 1.38. The van der Waals surface area contributed by atoms with Gasteiger partial charge in [-0.2, -0.15) is 5.26 Å². The van der Waals surface area contributed by atoms with Crippen LogP contribution in [0.25, 0.3) is 0 Å². The van der Waals surface area contributed by atoms with E-state index in [9.17, 15) is 8.42 Å². The molecule has 1 saturated carbocycles. The van der Waals surface area contributed by atoms with Gasteiger partial charge in [0.1, 0.15) is 0 Å². The Labute approximate surface area is 84.5 Å². The molecule has 0 amide bonds. The number of rotatable bonds is 3. The minimum absolute atomic E-state index is 0.0224. The second kappa shape index (κ2) is 3.85. The molecule has 0 aromatic rings. The second-order valence-electron chi connectivity index (χ2n) is 3.72. The van der Waals surface area contributed by atoms with E-state index in [0.717, 1.165) is 0 Å². The van der Waals surface area contributed by atoms with Gasteiger partial charge in [-0.15, -0.1) is 0 Å². The summed E-state index contributed by atoms with van der Waals surface area (Å²) in [6, 6.07) is 1.82. The van der Waals surface area contributed by atoms with Crippen LogP contribution >= 0.6 is 0 Å². The Kier molecular flexibility index (Phi) is 3.14. The molecule has 0 heterocycles. The minimum Gasteiger partial charge on any atom is -0.328 e. The summed E-state index contributed by atoms with van der Waals surface area (Å²) in [6.45, 7) is 1.39. The zero-order valence-corrected chi connectivity index (χ0v) is 9.16. The molecule has 0 bridgehead atoms. The van der Waals surface area contributed by atoms with E-state index in [0.29, 0.717) is 12.8 Å². The summed E-state index contributed by atoms with van der Waals surface area (Å²) in [5.74, 6) is 0. The van der Waals surface area contributed by atoms with Crippen molar-refractivity contribution >= 4 is 10.0 Å². The average molecular weight is 217 g/mol. The SMILES string of the molecule is CC(C#N)S(=O)(=O)N(C)C1CC(N)C1. The smallest absolute Gasteiger partial charge is 0.230 e.